The van der Waals surface area contributed by atoms with Gasteiger partial charge in [-0.2, -0.15) is 0 Å². The standard InChI is InChI=1S/C25H24O5/c1-2-19-8-12-22(13-9-19)29-18-24(26)30-23-14-10-21(11-15-23)25(27)28-17-16-20-6-4-3-5-7-20/h3-15H,2,16-18H2,1H3. The number of ether oxygens (including phenoxy) is 3. The van der Waals surface area contributed by atoms with Crippen molar-refractivity contribution in [3.8, 4) is 11.5 Å². The van der Waals surface area contributed by atoms with Gasteiger partial charge in [-0.15, -0.1) is 0 Å². The fourth-order valence-corrected chi connectivity index (χ4v) is 2.77. The minimum atomic E-state index is -0.521. The van der Waals surface area contributed by atoms with E-state index in [1.807, 2.05) is 54.6 Å². The lowest BCUT2D eigenvalue weighted by Gasteiger charge is -2.08. The van der Waals surface area contributed by atoms with Crippen LogP contribution in [-0.2, 0) is 22.4 Å². The first-order valence-corrected chi connectivity index (χ1v) is 9.87. The van der Waals surface area contributed by atoms with Crippen molar-refractivity contribution in [2.75, 3.05) is 13.2 Å². The van der Waals surface area contributed by atoms with Crippen molar-refractivity contribution in [2.45, 2.75) is 19.8 Å². The van der Waals surface area contributed by atoms with Crippen LogP contribution in [0.1, 0.15) is 28.4 Å². The molecule has 3 aromatic rings. The van der Waals surface area contributed by atoms with E-state index in [0.717, 1.165) is 12.0 Å². The predicted octanol–water partition coefficient (Wildman–Crippen LogP) is 4.63. The Bertz CT molecular complexity index is 947. The molecule has 0 N–H and O–H groups in total. The van der Waals surface area contributed by atoms with Crippen LogP contribution in [-0.4, -0.2) is 25.2 Å². The lowest BCUT2D eigenvalue weighted by atomic mass is 10.2. The van der Waals surface area contributed by atoms with E-state index in [1.54, 1.807) is 24.3 Å². The molecule has 0 radical (unpaired) electrons. The van der Waals surface area contributed by atoms with E-state index in [0.29, 0.717) is 30.1 Å². The van der Waals surface area contributed by atoms with Crippen molar-refractivity contribution < 1.29 is 23.8 Å². The van der Waals surface area contributed by atoms with Crippen LogP contribution in [0.4, 0.5) is 0 Å². The fourth-order valence-electron chi connectivity index (χ4n) is 2.77. The topological polar surface area (TPSA) is 61.8 Å². The zero-order valence-electron chi connectivity index (χ0n) is 16.9. The Balaban J connectivity index is 1.42. The first kappa shape index (κ1) is 21.1. The van der Waals surface area contributed by atoms with Gasteiger partial charge in [-0.3, -0.25) is 0 Å². The Morgan fingerprint density at radius 2 is 1.43 bits per heavy atom. The van der Waals surface area contributed by atoms with Crippen LogP contribution in [0.25, 0.3) is 0 Å². The van der Waals surface area contributed by atoms with Gasteiger partial charge in [-0.1, -0.05) is 49.4 Å². The van der Waals surface area contributed by atoms with Gasteiger partial charge >= 0.3 is 11.9 Å². The van der Waals surface area contributed by atoms with Gasteiger partial charge in [0, 0.05) is 6.42 Å². The van der Waals surface area contributed by atoms with Gasteiger partial charge in [0.25, 0.3) is 0 Å². The molecule has 0 aliphatic rings. The van der Waals surface area contributed by atoms with Crippen molar-refractivity contribution in [1.29, 1.82) is 0 Å². The van der Waals surface area contributed by atoms with Crippen LogP contribution in [0.2, 0.25) is 0 Å². The maximum absolute atomic E-state index is 12.1. The SMILES string of the molecule is CCc1ccc(OCC(=O)Oc2ccc(C(=O)OCCc3ccccc3)cc2)cc1. The maximum atomic E-state index is 12.1. The van der Waals surface area contributed by atoms with E-state index in [1.165, 1.54) is 5.56 Å². The Morgan fingerprint density at radius 3 is 2.10 bits per heavy atom. The summed E-state index contributed by atoms with van der Waals surface area (Å²) >= 11 is 0. The summed E-state index contributed by atoms with van der Waals surface area (Å²) in [5.74, 6) is 0.0129. The summed E-state index contributed by atoms with van der Waals surface area (Å²) in [6.45, 7) is 2.17. The highest BCUT2D eigenvalue weighted by Crippen LogP contribution is 2.15. The molecule has 0 unspecified atom stereocenters. The summed E-state index contributed by atoms with van der Waals surface area (Å²) in [6, 6.07) is 23.6. The molecule has 0 saturated carbocycles. The normalized spacial score (nSPS) is 10.3. The molecule has 0 aromatic heterocycles. The molecule has 0 amide bonds. The molecule has 0 fully saturated rings. The monoisotopic (exact) mass is 404 g/mol. The van der Waals surface area contributed by atoms with Crippen molar-refractivity contribution in [1.82, 2.24) is 0 Å². The summed E-state index contributed by atoms with van der Waals surface area (Å²) in [6.07, 6.45) is 1.60. The van der Waals surface area contributed by atoms with Crippen LogP contribution in [0, 0.1) is 0 Å². The molecule has 0 aliphatic carbocycles. The minimum absolute atomic E-state index is 0.200. The highest BCUT2D eigenvalue weighted by molar-refractivity contribution is 5.89. The fraction of sp³-hybridized carbons (Fsp3) is 0.200. The van der Waals surface area contributed by atoms with E-state index in [2.05, 4.69) is 6.92 Å². The molecule has 5 nitrogen and oxygen atoms in total. The van der Waals surface area contributed by atoms with Crippen LogP contribution in [0.5, 0.6) is 11.5 Å². The zero-order valence-corrected chi connectivity index (χ0v) is 16.9. The Hall–Kier alpha value is -3.60. The van der Waals surface area contributed by atoms with Crippen molar-refractivity contribution in [3.63, 3.8) is 0 Å². The van der Waals surface area contributed by atoms with Gasteiger partial charge in [0.15, 0.2) is 6.61 Å². The average molecular weight is 404 g/mol. The molecule has 0 spiro atoms. The average Bonchev–Trinajstić information content (AvgIpc) is 2.79. The Labute approximate surface area is 176 Å². The Kier molecular flexibility index (Phi) is 7.61. The lowest BCUT2D eigenvalue weighted by Crippen LogP contribution is -2.17. The molecule has 30 heavy (non-hydrogen) atoms. The van der Waals surface area contributed by atoms with Gasteiger partial charge in [0.05, 0.1) is 12.2 Å². The molecule has 0 atom stereocenters. The van der Waals surface area contributed by atoms with Gasteiger partial charge in [0.2, 0.25) is 0 Å². The number of benzene rings is 3. The van der Waals surface area contributed by atoms with E-state index in [4.69, 9.17) is 14.2 Å². The number of hydrogen-bond acceptors (Lipinski definition) is 5. The Morgan fingerprint density at radius 1 is 0.767 bits per heavy atom. The number of carbonyl (C=O) groups excluding carboxylic acids is 2. The van der Waals surface area contributed by atoms with Gasteiger partial charge in [0.1, 0.15) is 11.5 Å². The molecule has 154 valence electrons. The van der Waals surface area contributed by atoms with Gasteiger partial charge in [-0.05, 0) is 53.9 Å². The molecule has 0 saturated heterocycles. The number of rotatable bonds is 9. The molecule has 0 aliphatic heterocycles. The van der Waals surface area contributed by atoms with E-state index >= 15 is 0 Å². The maximum Gasteiger partial charge on any atom is 0.349 e. The van der Waals surface area contributed by atoms with Crippen LogP contribution in [0.15, 0.2) is 78.9 Å². The molecule has 0 bridgehead atoms. The molecular formula is C25H24O5. The van der Waals surface area contributed by atoms with Crippen LogP contribution < -0.4 is 9.47 Å². The smallest absolute Gasteiger partial charge is 0.349 e. The van der Waals surface area contributed by atoms with E-state index in [-0.39, 0.29) is 6.61 Å². The quantitative estimate of drug-likeness (QED) is 0.384. The second-order valence-electron chi connectivity index (χ2n) is 6.66. The predicted molar refractivity (Wildman–Crippen MR) is 114 cm³/mol. The summed E-state index contributed by atoms with van der Waals surface area (Å²) in [5.41, 5.74) is 2.70. The third kappa shape index (κ3) is 6.48. The number of aryl methyl sites for hydroxylation is 1. The number of carbonyl (C=O) groups is 2. The van der Waals surface area contributed by atoms with E-state index in [9.17, 15) is 9.59 Å². The lowest BCUT2D eigenvalue weighted by molar-refractivity contribution is -0.136. The van der Waals surface area contributed by atoms with Crippen LogP contribution in [0.3, 0.4) is 0 Å². The second kappa shape index (κ2) is 10.8. The third-order valence-corrected chi connectivity index (χ3v) is 4.48. The number of esters is 2. The summed E-state index contributed by atoms with van der Waals surface area (Å²) < 4.78 is 16.0. The largest absolute Gasteiger partial charge is 0.482 e. The number of hydrogen-bond donors (Lipinski definition) is 0. The van der Waals surface area contributed by atoms with Crippen molar-refractivity contribution >= 4 is 11.9 Å². The molecular weight excluding hydrogens is 380 g/mol. The van der Waals surface area contributed by atoms with Gasteiger partial charge in [-0.25, -0.2) is 9.59 Å². The highest BCUT2D eigenvalue weighted by Gasteiger charge is 2.10. The molecule has 3 aromatic carbocycles. The first-order chi connectivity index (χ1) is 14.6. The summed E-state index contributed by atoms with van der Waals surface area (Å²) in [7, 11) is 0. The molecule has 0 heterocycles. The van der Waals surface area contributed by atoms with Crippen molar-refractivity contribution in [2.24, 2.45) is 0 Å². The van der Waals surface area contributed by atoms with Crippen LogP contribution >= 0.6 is 0 Å². The molecule has 3 rings (SSSR count). The van der Waals surface area contributed by atoms with E-state index < -0.39 is 11.9 Å². The van der Waals surface area contributed by atoms with Crippen molar-refractivity contribution in [3.05, 3.63) is 95.6 Å². The van der Waals surface area contributed by atoms with Gasteiger partial charge < -0.3 is 14.2 Å². The third-order valence-electron chi connectivity index (χ3n) is 4.48. The summed E-state index contributed by atoms with van der Waals surface area (Å²) in [5, 5.41) is 0. The minimum Gasteiger partial charge on any atom is -0.482 e. The second-order valence-corrected chi connectivity index (χ2v) is 6.66. The molecule has 5 heteroatoms. The highest BCUT2D eigenvalue weighted by atomic mass is 16.6. The summed E-state index contributed by atoms with van der Waals surface area (Å²) in [4.78, 5) is 24.1. The first-order valence-electron chi connectivity index (χ1n) is 9.87. The zero-order chi connectivity index (χ0) is 21.2.